The first-order chi connectivity index (χ1) is 28.7. The van der Waals surface area contributed by atoms with Gasteiger partial charge in [0.05, 0.1) is 29.5 Å². The second kappa shape index (κ2) is 20.9. The molecule has 0 spiro atoms. The molecule has 4 aromatic rings. The van der Waals surface area contributed by atoms with E-state index in [4.69, 9.17) is 16.3 Å². The molecule has 2 aliphatic heterocycles. The van der Waals surface area contributed by atoms with E-state index < -0.39 is 15.9 Å². The average molecular weight is 860 g/mol. The molecule has 4 N–H and O–H groups in total. The van der Waals surface area contributed by atoms with Gasteiger partial charge in [0.25, 0.3) is 15.9 Å². The molecule has 1 aliphatic carbocycles. The van der Waals surface area contributed by atoms with E-state index >= 15 is 0 Å². The van der Waals surface area contributed by atoms with Gasteiger partial charge >= 0.3 is 0 Å². The summed E-state index contributed by atoms with van der Waals surface area (Å²) in [6.07, 6.45) is 6.77. The van der Waals surface area contributed by atoms with Crippen molar-refractivity contribution in [2.24, 2.45) is 0 Å². The molecule has 2 saturated heterocycles. The first-order valence-electron chi connectivity index (χ1n) is 20.6. The van der Waals surface area contributed by atoms with Crippen molar-refractivity contribution in [3.8, 4) is 0 Å². The minimum atomic E-state index is -4.26. The van der Waals surface area contributed by atoms with Crippen LogP contribution in [0, 0.1) is 0 Å². The fourth-order valence-electron chi connectivity index (χ4n) is 8.02. The minimum absolute atomic E-state index is 0.0157. The number of hydrogen-bond acceptors (Lipinski definition) is 11. The van der Waals surface area contributed by atoms with Crippen LogP contribution in [-0.2, 0) is 14.8 Å². The Bertz CT molecular complexity index is 2130. The Balaban J connectivity index is 0.942. The van der Waals surface area contributed by atoms with E-state index in [9.17, 15) is 18.4 Å². The number of sulfonamides is 1. The van der Waals surface area contributed by atoms with E-state index in [0.717, 1.165) is 106 Å². The van der Waals surface area contributed by atoms with Crippen LogP contribution in [0.5, 0.6) is 0 Å². The summed E-state index contributed by atoms with van der Waals surface area (Å²) >= 11 is 7.93. The van der Waals surface area contributed by atoms with Crippen molar-refractivity contribution >= 4 is 61.9 Å². The topological polar surface area (TPSA) is 126 Å². The third-order valence-electron chi connectivity index (χ3n) is 11.4. The number of nitrogens with zero attached hydrogens (tertiary/aromatic N) is 3. The maximum atomic E-state index is 13.5. The van der Waals surface area contributed by atoms with Gasteiger partial charge in [0.1, 0.15) is 0 Å². The predicted octanol–water partition coefficient (Wildman–Crippen LogP) is 8.09. The quantitative estimate of drug-likeness (QED) is 0.0646. The Hall–Kier alpha value is -4.08. The summed E-state index contributed by atoms with van der Waals surface area (Å²) in [7, 11) is -4.26. The molecule has 2 heterocycles. The standard InChI is InChI=1S/C45H55ClN6O5S2/c46-37-15-11-34(12-16-37)42-10-6-1-3-7-36(42)32-51-23-25-52(26-24-51)39-17-13-35(14-18-39)45(53)49-59(55,56)41-19-20-43(44(31-41)48-54)47-38(21-22-50-27-29-57-30-28-50)33-58-40-8-4-2-5-9-40/h2,4-5,8-9,11-20,31,38,47-48,54H,1,3,6-7,10,21-30,32-33H2,(H,49,53)/t38-/m1/s1. The molecule has 0 unspecified atom stereocenters. The number of allylic oxidation sites excluding steroid dienone is 1. The zero-order chi connectivity index (χ0) is 41.0. The fraction of sp³-hybridized carbons (Fsp3) is 0.400. The molecular formula is C45H55ClN6O5S2. The van der Waals surface area contributed by atoms with Gasteiger partial charge in [0.2, 0.25) is 0 Å². The van der Waals surface area contributed by atoms with Crippen LogP contribution in [-0.4, -0.2) is 107 Å². The monoisotopic (exact) mass is 858 g/mol. The number of ether oxygens (including phenoxy) is 1. The molecule has 1 amide bonds. The third kappa shape index (κ3) is 12.0. The Morgan fingerprint density at radius 3 is 2.27 bits per heavy atom. The number of nitrogens with one attached hydrogen (secondary N) is 3. The zero-order valence-corrected chi connectivity index (χ0v) is 35.8. The molecule has 0 saturated carbocycles. The molecule has 4 aromatic carbocycles. The van der Waals surface area contributed by atoms with Crippen molar-refractivity contribution in [2.45, 2.75) is 54.4 Å². The predicted molar refractivity (Wildman–Crippen MR) is 240 cm³/mol. The van der Waals surface area contributed by atoms with Gasteiger partial charge in [-0.2, -0.15) is 0 Å². The second-order valence-electron chi connectivity index (χ2n) is 15.4. The summed E-state index contributed by atoms with van der Waals surface area (Å²) in [5.74, 6) is 0.0337. The third-order valence-corrected chi connectivity index (χ3v) is 14.2. The first-order valence-corrected chi connectivity index (χ1v) is 23.5. The Labute approximate surface area is 358 Å². The van der Waals surface area contributed by atoms with E-state index in [1.54, 1.807) is 30.0 Å². The average Bonchev–Trinajstić information content (AvgIpc) is 3.51. The number of thioether (sulfide) groups is 1. The van der Waals surface area contributed by atoms with Crippen LogP contribution >= 0.6 is 23.4 Å². The molecule has 314 valence electrons. The van der Waals surface area contributed by atoms with Crippen LogP contribution in [0.25, 0.3) is 5.57 Å². The molecule has 59 heavy (non-hydrogen) atoms. The van der Waals surface area contributed by atoms with E-state index in [2.05, 4.69) is 54.5 Å². The summed E-state index contributed by atoms with van der Waals surface area (Å²) in [5, 5.41) is 14.4. The summed E-state index contributed by atoms with van der Waals surface area (Å²) in [4.78, 5) is 21.5. The van der Waals surface area contributed by atoms with Crippen molar-refractivity contribution < 1.29 is 23.2 Å². The highest BCUT2D eigenvalue weighted by molar-refractivity contribution is 7.99. The summed E-state index contributed by atoms with van der Waals surface area (Å²) in [5.41, 5.74) is 8.45. The fourth-order valence-corrected chi connectivity index (χ4v) is 10.1. The van der Waals surface area contributed by atoms with Gasteiger partial charge in [-0.1, -0.05) is 53.9 Å². The van der Waals surface area contributed by atoms with Gasteiger partial charge in [-0.3, -0.25) is 25.3 Å². The van der Waals surface area contributed by atoms with Crippen molar-refractivity contribution in [3.05, 3.63) is 119 Å². The summed E-state index contributed by atoms with van der Waals surface area (Å²) in [6, 6.07) is 29.9. The minimum Gasteiger partial charge on any atom is -0.380 e. The maximum absolute atomic E-state index is 13.5. The van der Waals surface area contributed by atoms with Gasteiger partial charge in [-0.25, -0.2) is 13.1 Å². The molecular weight excluding hydrogens is 804 g/mol. The van der Waals surface area contributed by atoms with Crippen LogP contribution in [0.3, 0.4) is 0 Å². The number of halogens is 1. The van der Waals surface area contributed by atoms with Crippen molar-refractivity contribution in [1.82, 2.24) is 14.5 Å². The van der Waals surface area contributed by atoms with Gasteiger partial charge in [-0.15, -0.1) is 11.8 Å². The van der Waals surface area contributed by atoms with Crippen LogP contribution in [0.4, 0.5) is 17.1 Å². The number of anilines is 3. The van der Waals surface area contributed by atoms with Gasteiger partial charge in [0, 0.05) is 85.3 Å². The highest BCUT2D eigenvalue weighted by Crippen LogP contribution is 2.33. The summed E-state index contributed by atoms with van der Waals surface area (Å²) < 4.78 is 34.7. The maximum Gasteiger partial charge on any atom is 0.264 e. The highest BCUT2D eigenvalue weighted by atomic mass is 35.5. The van der Waals surface area contributed by atoms with Crippen LogP contribution in [0.1, 0.15) is 54.4 Å². The molecule has 11 nitrogen and oxygen atoms in total. The van der Waals surface area contributed by atoms with Crippen LogP contribution < -0.4 is 20.4 Å². The van der Waals surface area contributed by atoms with Gasteiger partial charge in [0.15, 0.2) is 0 Å². The van der Waals surface area contributed by atoms with Crippen LogP contribution in [0.15, 0.2) is 112 Å². The van der Waals surface area contributed by atoms with Crippen molar-refractivity contribution in [3.63, 3.8) is 0 Å². The molecule has 3 aliphatic rings. The lowest BCUT2D eigenvalue weighted by atomic mass is 9.95. The Morgan fingerprint density at radius 1 is 0.814 bits per heavy atom. The van der Waals surface area contributed by atoms with Crippen molar-refractivity contribution in [2.75, 3.05) is 87.0 Å². The molecule has 7 rings (SSSR count). The van der Waals surface area contributed by atoms with E-state index in [-0.39, 0.29) is 22.2 Å². The number of hydrogen-bond donors (Lipinski definition) is 4. The largest absolute Gasteiger partial charge is 0.380 e. The number of rotatable bonds is 16. The zero-order valence-electron chi connectivity index (χ0n) is 33.5. The SMILES string of the molecule is O=C(NS(=O)(=O)c1ccc(N[C@H](CCN2CCOCC2)CSc2ccccc2)c(NO)c1)c1ccc(N2CCN(CC3=C(c4ccc(Cl)cc4)CCCCC3)CC2)cc1. The first kappa shape index (κ1) is 43.0. The number of benzene rings is 4. The molecule has 0 aromatic heterocycles. The van der Waals surface area contributed by atoms with Gasteiger partial charge < -0.3 is 15.0 Å². The van der Waals surface area contributed by atoms with Crippen LogP contribution in [0.2, 0.25) is 5.02 Å². The second-order valence-corrected chi connectivity index (χ2v) is 18.6. The molecule has 1 atom stereocenters. The van der Waals surface area contributed by atoms with E-state index in [1.807, 2.05) is 42.5 Å². The van der Waals surface area contributed by atoms with E-state index in [1.165, 1.54) is 48.1 Å². The number of morpholine rings is 1. The Kier molecular flexibility index (Phi) is 15.3. The normalized spacial score (nSPS) is 17.6. The lowest BCUT2D eigenvalue weighted by molar-refractivity contribution is 0.0370. The number of carbonyl (C=O) groups excluding carboxylic acids is 1. The number of piperazine rings is 1. The summed E-state index contributed by atoms with van der Waals surface area (Å²) in [6.45, 7) is 8.63. The molecule has 0 radical (unpaired) electrons. The van der Waals surface area contributed by atoms with E-state index in [0.29, 0.717) is 5.69 Å². The highest BCUT2D eigenvalue weighted by Gasteiger charge is 2.24. The molecule has 2 fully saturated rings. The molecule has 14 heteroatoms. The Morgan fingerprint density at radius 2 is 1.54 bits per heavy atom. The lowest BCUT2D eigenvalue weighted by Gasteiger charge is -2.37. The smallest absolute Gasteiger partial charge is 0.264 e. The van der Waals surface area contributed by atoms with Gasteiger partial charge in [-0.05, 0) is 110 Å². The molecule has 0 bridgehead atoms. The number of amides is 1. The number of carbonyl (C=O) groups is 1. The lowest BCUT2D eigenvalue weighted by Crippen LogP contribution is -2.47. The van der Waals surface area contributed by atoms with Crippen molar-refractivity contribution in [1.29, 1.82) is 0 Å².